The van der Waals surface area contributed by atoms with Crippen molar-refractivity contribution in [2.45, 2.75) is 77.2 Å². The molecule has 0 saturated heterocycles. The number of halogens is 3. The Kier molecular flexibility index (Phi) is 8.94. The Bertz CT molecular complexity index is 668. The molecule has 0 aliphatic carbocycles. The fourth-order valence-electron chi connectivity index (χ4n) is 3.33. The fraction of sp³-hybridized carbons (Fsp3) is 0.565. The highest BCUT2D eigenvalue weighted by atomic mass is 19.3. The van der Waals surface area contributed by atoms with E-state index >= 15 is 0 Å². The molecule has 1 aliphatic rings. The normalized spacial score (nSPS) is 14.8. The molecule has 0 bridgehead atoms. The van der Waals surface area contributed by atoms with Crippen LogP contribution < -0.4 is 4.74 Å². The summed E-state index contributed by atoms with van der Waals surface area (Å²) < 4.78 is 53.5. The third-order valence-corrected chi connectivity index (χ3v) is 4.86. The zero-order valence-corrected chi connectivity index (χ0v) is 16.7. The maximum atomic E-state index is 14.5. The van der Waals surface area contributed by atoms with Gasteiger partial charge in [-0.15, -0.1) is 6.58 Å². The minimum absolute atomic E-state index is 0.152. The summed E-state index contributed by atoms with van der Waals surface area (Å²) in [5.74, 6) is -1.04. The number of allylic oxidation sites excluding steroid dienone is 1. The fourth-order valence-corrected chi connectivity index (χ4v) is 3.33. The van der Waals surface area contributed by atoms with Crippen LogP contribution in [0.25, 0.3) is 6.08 Å². The third kappa shape index (κ3) is 6.32. The van der Waals surface area contributed by atoms with Gasteiger partial charge in [0.2, 0.25) is 0 Å². The summed E-state index contributed by atoms with van der Waals surface area (Å²) in [6.45, 7) is 5.92. The molecule has 1 aromatic carbocycles. The monoisotopic (exact) mass is 396 g/mol. The van der Waals surface area contributed by atoms with Gasteiger partial charge < -0.3 is 9.47 Å². The van der Waals surface area contributed by atoms with E-state index in [1.165, 1.54) is 50.3 Å². The van der Waals surface area contributed by atoms with Crippen molar-refractivity contribution in [1.82, 2.24) is 0 Å². The minimum atomic E-state index is -3.69. The highest BCUT2D eigenvalue weighted by molar-refractivity contribution is 5.60. The third-order valence-electron chi connectivity index (χ3n) is 4.86. The summed E-state index contributed by atoms with van der Waals surface area (Å²) in [4.78, 5) is 0. The molecule has 1 aliphatic heterocycles. The van der Waals surface area contributed by atoms with Crippen LogP contribution in [0, 0.1) is 5.82 Å². The predicted octanol–water partition coefficient (Wildman–Crippen LogP) is 7.73. The molecule has 2 rings (SSSR count). The number of fused-ring (bicyclic) bond motifs is 1. The molecule has 0 radical (unpaired) electrons. The first-order valence-electron chi connectivity index (χ1n) is 10.3. The van der Waals surface area contributed by atoms with E-state index in [1.807, 2.05) is 0 Å². The van der Waals surface area contributed by atoms with Crippen LogP contribution in [-0.2, 0) is 10.8 Å². The summed E-state index contributed by atoms with van der Waals surface area (Å²) in [5.41, 5.74) is -0.595. The highest BCUT2D eigenvalue weighted by Crippen LogP contribution is 2.43. The van der Waals surface area contributed by atoms with Crippen LogP contribution in [0.1, 0.15) is 82.3 Å². The molecule has 0 N–H and O–H groups in total. The van der Waals surface area contributed by atoms with Gasteiger partial charge in [-0.1, -0.05) is 64.0 Å². The Balaban J connectivity index is 1.93. The maximum Gasteiger partial charge on any atom is 0.430 e. The molecular formula is C23H31F3O2. The summed E-state index contributed by atoms with van der Waals surface area (Å²) in [6, 6.07) is 2.86. The van der Waals surface area contributed by atoms with Gasteiger partial charge in [-0.05, 0) is 30.5 Å². The largest absolute Gasteiger partial charge is 0.490 e. The van der Waals surface area contributed by atoms with E-state index in [0.29, 0.717) is 12.8 Å². The van der Waals surface area contributed by atoms with Crippen LogP contribution in [0.15, 0.2) is 30.5 Å². The first kappa shape index (κ1) is 22.4. The van der Waals surface area contributed by atoms with Gasteiger partial charge >= 0.3 is 6.11 Å². The van der Waals surface area contributed by atoms with E-state index < -0.39 is 17.5 Å². The predicted molar refractivity (Wildman–Crippen MR) is 107 cm³/mol. The molecule has 0 aromatic heterocycles. The Morgan fingerprint density at radius 2 is 1.75 bits per heavy atom. The zero-order valence-electron chi connectivity index (χ0n) is 16.7. The number of ether oxygens (including phenoxy) is 2. The van der Waals surface area contributed by atoms with Crippen molar-refractivity contribution in [2.75, 3.05) is 6.61 Å². The second-order valence-corrected chi connectivity index (χ2v) is 7.22. The lowest BCUT2D eigenvalue weighted by molar-refractivity contribution is -0.228. The smallest absolute Gasteiger partial charge is 0.430 e. The molecular weight excluding hydrogens is 365 g/mol. The van der Waals surface area contributed by atoms with Crippen molar-refractivity contribution in [1.29, 1.82) is 0 Å². The summed E-state index contributed by atoms with van der Waals surface area (Å²) in [6.07, 6.45) is 9.43. The molecule has 0 atom stereocenters. The van der Waals surface area contributed by atoms with E-state index in [2.05, 4.69) is 13.5 Å². The molecule has 28 heavy (non-hydrogen) atoms. The number of alkyl halides is 2. The van der Waals surface area contributed by atoms with Crippen molar-refractivity contribution in [3.63, 3.8) is 0 Å². The maximum absolute atomic E-state index is 14.5. The van der Waals surface area contributed by atoms with E-state index in [0.717, 1.165) is 19.3 Å². The van der Waals surface area contributed by atoms with Crippen LogP contribution >= 0.6 is 0 Å². The average molecular weight is 396 g/mol. The number of unbranched alkanes of at least 4 members (excludes halogenated alkanes) is 7. The Labute approximate surface area is 166 Å². The molecule has 5 heteroatoms. The van der Waals surface area contributed by atoms with Gasteiger partial charge in [0.15, 0.2) is 11.6 Å². The second kappa shape index (κ2) is 11.2. The number of hydrogen-bond donors (Lipinski definition) is 0. The standard InChI is InChI=1S/C23H31F3O2/c1-3-5-7-8-9-10-11-12-13-19-17-18-14-15-20(27-16-6-4-2)22(24)21(18)23(25,26)28-19/h4,14-15,17H,2-3,5-13,16H2,1H3. The lowest BCUT2D eigenvalue weighted by Crippen LogP contribution is -2.24. The number of benzene rings is 1. The van der Waals surface area contributed by atoms with Crippen LogP contribution in [0.2, 0.25) is 0 Å². The van der Waals surface area contributed by atoms with Gasteiger partial charge in [-0.3, -0.25) is 0 Å². The number of rotatable bonds is 13. The molecule has 0 saturated carbocycles. The molecule has 0 unspecified atom stereocenters. The SMILES string of the molecule is C=CCCOc1ccc2c(c1F)C(F)(F)OC(CCCCCCCCCC)=C2. The van der Waals surface area contributed by atoms with Crippen molar-refractivity contribution >= 4 is 6.08 Å². The van der Waals surface area contributed by atoms with Gasteiger partial charge in [0.25, 0.3) is 0 Å². The van der Waals surface area contributed by atoms with E-state index in [4.69, 9.17) is 9.47 Å². The summed E-state index contributed by atoms with van der Waals surface area (Å²) >= 11 is 0. The lowest BCUT2D eigenvalue weighted by atomic mass is 10.00. The zero-order chi connectivity index (χ0) is 20.4. The quantitative estimate of drug-likeness (QED) is 0.251. The topological polar surface area (TPSA) is 18.5 Å². The van der Waals surface area contributed by atoms with Crippen LogP contribution in [0.5, 0.6) is 5.75 Å². The van der Waals surface area contributed by atoms with Gasteiger partial charge in [-0.2, -0.15) is 8.78 Å². The molecule has 2 nitrogen and oxygen atoms in total. The van der Waals surface area contributed by atoms with Crippen LogP contribution in [0.4, 0.5) is 13.2 Å². The van der Waals surface area contributed by atoms with Crippen molar-refractivity contribution in [3.05, 3.63) is 47.5 Å². The van der Waals surface area contributed by atoms with Crippen LogP contribution in [0.3, 0.4) is 0 Å². The Morgan fingerprint density at radius 3 is 2.43 bits per heavy atom. The minimum Gasteiger partial charge on any atom is -0.490 e. The highest BCUT2D eigenvalue weighted by Gasteiger charge is 2.43. The Morgan fingerprint density at radius 1 is 1.07 bits per heavy atom. The molecule has 156 valence electrons. The van der Waals surface area contributed by atoms with Crippen molar-refractivity contribution in [3.8, 4) is 5.75 Å². The van der Waals surface area contributed by atoms with Crippen molar-refractivity contribution < 1.29 is 22.6 Å². The van der Waals surface area contributed by atoms with Gasteiger partial charge in [0, 0.05) is 6.42 Å². The van der Waals surface area contributed by atoms with Gasteiger partial charge in [0.05, 0.1) is 6.61 Å². The Hall–Kier alpha value is -1.91. The molecule has 0 spiro atoms. The van der Waals surface area contributed by atoms with E-state index in [-0.39, 0.29) is 23.7 Å². The average Bonchev–Trinajstić information content (AvgIpc) is 2.65. The first-order valence-corrected chi connectivity index (χ1v) is 10.3. The van der Waals surface area contributed by atoms with E-state index in [9.17, 15) is 13.2 Å². The van der Waals surface area contributed by atoms with E-state index in [1.54, 1.807) is 6.08 Å². The number of hydrogen-bond acceptors (Lipinski definition) is 2. The first-order chi connectivity index (χ1) is 13.5. The lowest BCUT2D eigenvalue weighted by Gasteiger charge is -2.27. The van der Waals surface area contributed by atoms with Crippen LogP contribution in [-0.4, -0.2) is 6.61 Å². The molecule has 0 fully saturated rings. The van der Waals surface area contributed by atoms with Gasteiger partial charge in [-0.25, -0.2) is 4.39 Å². The summed E-state index contributed by atoms with van der Waals surface area (Å²) in [7, 11) is 0. The molecule has 1 aromatic rings. The molecule has 0 amide bonds. The van der Waals surface area contributed by atoms with Crippen molar-refractivity contribution in [2.24, 2.45) is 0 Å². The van der Waals surface area contributed by atoms with Gasteiger partial charge in [0.1, 0.15) is 11.3 Å². The second-order valence-electron chi connectivity index (χ2n) is 7.22. The summed E-state index contributed by atoms with van der Waals surface area (Å²) in [5, 5.41) is 0. The molecule has 1 heterocycles.